The van der Waals surface area contributed by atoms with Crippen molar-refractivity contribution in [2.75, 3.05) is 30.9 Å². The number of anilines is 1. The maximum absolute atomic E-state index is 12.6. The van der Waals surface area contributed by atoms with Gasteiger partial charge in [-0.15, -0.1) is 0 Å². The van der Waals surface area contributed by atoms with Crippen molar-refractivity contribution in [3.05, 3.63) is 27.7 Å². The number of halogens is 2. The first-order valence-electron chi connectivity index (χ1n) is 10.1. The van der Waals surface area contributed by atoms with E-state index < -0.39 is 37.7 Å². The molecule has 0 radical (unpaired) electrons. The molecule has 0 saturated carbocycles. The molecule has 1 aromatic carbocycles. The van der Waals surface area contributed by atoms with Gasteiger partial charge in [0.15, 0.2) is 0 Å². The lowest BCUT2D eigenvalue weighted by atomic mass is 10.2. The van der Waals surface area contributed by atoms with Gasteiger partial charge in [0.2, 0.25) is 0 Å². The molecule has 6 heteroatoms. The molecule has 4 nitrogen and oxygen atoms in total. The van der Waals surface area contributed by atoms with Crippen LogP contribution in [0.15, 0.2) is 22.7 Å². The molecule has 0 atom stereocenters. The van der Waals surface area contributed by atoms with Crippen molar-refractivity contribution < 1.29 is 20.5 Å². The number of nitrogens with zero attached hydrogens (tertiary/aromatic N) is 2. The highest BCUT2D eigenvalue weighted by molar-refractivity contribution is 9.10. The smallest absolute Gasteiger partial charge is 0.410 e. The Hall–Kier alpha value is -0.940. The van der Waals surface area contributed by atoms with Crippen LogP contribution in [0.5, 0.6) is 0 Å². The quantitative estimate of drug-likeness (QED) is 0.730. The lowest BCUT2D eigenvalue weighted by Gasteiger charge is -2.36. The first kappa shape index (κ1) is 8.63. The fraction of sp³-hybridized carbons (Fsp3) is 0.533. The summed E-state index contributed by atoms with van der Waals surface area (Å²) in [5.41, 5.74) is -1.31. The molecule has 0 spiro atoms. The summed E-state index contributed by atoms with van der Waals surface area (Å²) in [5, 5.41) is 0.244. The number of ether oxygens (including phenoxy) is 1. The normalized spacial score (nSPS) is 31.3. The number of rotatable bonds is 1. The van der Waals surface area contributed by atoms with Crippen LogP contribution in [0.25, 0.3) is 0 Å². The third-order valence-corrected chi connectivity index (χ3v) is 3.50. The maximum Gasteiger partial charge on any atom is 0.410 e. The van der Waals surface area contributed by atoms with Gasteiger partial charge in [-0.3, -0.25) is 0 Å². The molecule has 1 aliphatic rings. The Labute approximate surface area is 150 Å². The van der Waals surface area contributed by atoms with Crippen molar-refractivity contribution in [2.45, 2.75) is 26.4 Å². The molecule has 0 aliphatic carbocycles. The Morgan fingerprint density at radius 3 is 2.48 bits per heavy atom. The molecule has 0 N–H and O–H groups in total. The zero-order valence-electron chi connectivity index (χ0n) is 19.7. The fourth-order valence-electron chi connectivity index (χ4n) is 1.41. The average Bonchev–Trinajstić information content (AvgIpc) is 2.46. The summed E-state index contributed by atoms with van der Waals surface area (Å²) < 4.78 is 71.8. The second-order valence-corrected chi connectivity index (χ2v) is 6.46. The molecule has 1 amide bonds. The number of carbonyl (C=O) groups is 1. The van der Waals surface area contributed by atoms with E-state index in [1.807, 2.05) is 0 Å². The SMILES string of the molecule is [2H]C1([2H])N(C(=O)OC(C)(C)C)C([2H])([2H])C([2H])([2H])N(c2ccc(Cl)c(Br)c2)C1([2H])[2H]. The summed E-state index contributed by atoms with van der Waals surface area (Å²) in [4.78, 5) is 12.8. The van der Waals surface area contributed by atoms with Crippen molar-refractivity contribution in [3.8, 4) is 0 Å². The summed E-state index contributed by atoms with van der Waals surface area (Å²) in [6.07, 6.45) is -1.52. The summed E-state index contributed by atoms with van der Waals surface area (Å²) >= 11 is 9.07. The van der Waals surface area contributed by atoms with Gasteiger partial charge >= 0.3 is 6.09 Å². The Balaban J connectivity index is 2.72. The second-order valence-electron chi connectivity index (χ2n) is 5.20. The highest BCUT2D eigenvalue weighted by atomic mass is 79.9. The van der Waals surface area contributed by atoms with E-state index in [1.165, 1.54) is 39.0 Å². The second kappa shape index (κ2) is 6.44. The van der Waals surface area contributed by atoms with E-state index in [0.29, 0.717) is 4.90 Å². The number of benzene rings is 1. The van der Waals surface area contributed by atoms with E-state index in [-0.39, 0.29) is 20.1 Å². The van der Waals surface area contributed by atoms with Crippen LogP contribution in [0.3, 0.4) is 0 Å². The van der Waals surface area contributed by atoms with Crippen LogP contribution >= 0.6 is 27.5 Å². The van der Waals surface area contributed by atoms with Crippen molar-refractivity contribution in [1.82, 2.24) is 4.90 Å². The molecule has 1 aromatic rings. The van der Waals surface area contributed by atoms with Crippen molar-refractivity contribution >= 4 is 39.3 Å². The monoisotopic (exact) mass is 382 g/mol. The standard InChI is InChI=1S/C15H20BrClN2O2/c1-15(2,3)21-14(20)19-8-6-18(7-9-19)11-4-5-13(17)12(16)10-11/h4-5,10H,6-9H2,1-3H3/i6D2,7D2,8D2,9D2. The van der Waals surface area contributed by atoms with Crippen LogP contribution in [-0.2, 0) is 4.74 Å². The lowest BCUT2D eigenvalue weighted by molar-refractivity contribution is 0.0240. The number of piperazine rings is 1. The molecular weight excluding hydrogens is 356 g/mol. The van der Waals surface area contributed by atoms with Gasteiger partial charge in [0, 0.05) is 36.1 Å². The van der Waals surface area contributed by atoms with Crippen LogP contribution in [0.2, 0.25) is 5.02 Å². The predicted molar refractivity (Wildman–Crippen MR) is 89.2 cm³/mol. The highest BCUT2D eigenvalue weighted by Gasteiger charge is 2.26. The van der Waals surface area contributed by atoms with Gasteiger partial charge in [0.05, 0.1) is 16.0 Å². The Morgan fingerprint density at radius 2 is 1.95 bits per heavy atom. The molecule has 1 fully saturated rings. The largest absolute Gasteiger partial charge is 0.444 e. The predicted octanol–water partition coefficient (Wildman–Crippen LogP) is 4.16. The lowest BCUT2D eigenvalue weighted by Crippen LogP contribution is -2.50. The van der Waals surface area contributed by atoms with Crippen LogP contribution in [-0.4, -0.2) is 42.6 Å². The fourth-order valence-corrected chi connectivity index (χ4v) is 1.89. The van der Waals surface area contributed by atoms with E-state index >= 15 is 0 Å². The minimum Gasteiger partial charge on any atom is -0.444 e. The first-order chi connectivity index (χ1) is 12.8. The van der Waals surface area contributed by atoms with Crippen LogP contribution in [0.4, 0.5) is 10.5 Å². The van der Waals surface area contributed by atoms with Gasteiger partial charge in [0.1, 0.15) is 5.60 Å². The van der Waals surface area contributed by atoms with Gasteiger partial charge in [-0.1, -0.05) is 11.6 Å². The highest BCUT2D eigenvalue weighted by Crippen LogP contribution is 2.28. The Morgan fingerprint density at radius 1 is 1.33 bits per heavy atom. The number of amides is 1. The molecule has 1 aliphatic heterocycles. The van der Waals surface area contributed by atoms with Crippen LogP contribution in [0.1, 0.15) is 31.7 Å². The first-order valence-corrected chi connectivity index (χ1v) is 7.24. The van der Waals surface area contributed by atoms with Crippen molar-refractivity contribution in [1.29, 1.82) is 0 Å². The van der Waals surface area contributed by atoms with Crippen molar-refractivity contribution in [2.24, 2.45) is 0 Å². The summed E-state index contributed by atoms with van der Waals surface area (Å²) in [6, 6.07) is 3.81. The van der Waals surface area contributed by atoms with Gasteiger partial charge in [-0.05, 0) is 54.9 Å². The minimum atomic E-state index is -3.31. The average molecular weight is 384 g/mol. The van der Waals surface area contributed by atoms with Gasteiger partial charge in [-0.2, -0.15) is 0 Å². The molecule has 1 heterocycles. The van der Waals surface area contributed by atoms with Crippen LogP contribution < -0.4 is 4.90 Å². The van der Waals surface area contributed by atoms with E-state index in [9.17, 15) is 4.79 Å². The molecule has 0 unspecified atom stereocenters. The number of hydrogen-bond donors (Lipinski definition) is 0. The van der Waals surface area contributed by atoms with E-state index in [1.54, 1.807) is 0 Å². The zero-order chi connectivity index (χ0) is 22.8. The van der Waals surface area contributed by atoms with Crippen molar-refractivity contribution in [3.63, 3.8) is 0 Å². The topological polar surface area (TPSA) is 32.8 Å². The van der Waals surface area contributed by atoms with Gasteiger partial charge in [-0.25, -0.2) is 4.79 Å². The summed E-state index contributed by atoms with van der Waals surface area (Å²) in [6.45, 7) is -8.58. The molecule has 21 heavy (non-hydrogen) atoms. The molecular formula is C15H20BrClN2O2. The Kier molecular flexibility index (Phi) is 2.65. The molecule has 0 bridgehead atoms. The van der Waals surface area contributed by atoms with Gasteiger partial charge in [0.25, 0.3) is 0 Å². The molecule has 1 saturated heterocycles. The third kappa shape index (κ3) is 4.51. The maximum atomic E-state index is 12.6. The number of carbonyl (C=O) groups excluding carboxylic acids is 1. The Bertz CT molecular complexity index is 803. The minimum absolute atomic E-state index is 0.146. The third-order valence-electron chi connectivity index (χ3n) is 2.28. The van der Waals surface area contributed by atoms with E-state index in [0.717, 1.165) is 0 Å². The molecule has 116 valence electrons. The number of hydrogen-bond acceptors (Lipinski definition) is 3. The zero-order valence-corrected chi connectivity index (χ0v) is 14.0. The summed E-state index contributed by atoms with van der Waals surface area (Å²) in [5.74, 6) is 0. The molecule has 0 aromatic heterocycles. The van der Waals surface area contributed by atoms with E-state index in [2.05, 4.69) is 15.9 Å². The van der Waals surface area contributed by atoms with E-state index in [4.69, 9.17) is 27.3 Å². The van der Waals surface area contributed by atoms with Gasteiger partial charge < -0.3 is 14.5 Å². The van der Waals surface area contributed by atoms with Crippen LogP contribution in [0, 0.1) is 0 Å². The summed E-state index contributed by atoms with van der Waals surface area (Å²) in [7, 11) is 0. The molecule has 2 rings (SSSR count).